The lowest BCUT2D eigenvalue weighted by molar-refractivity contribution is -0.907. The van der Waals surface area contributed by atoms with E-state index in [0.717, 1.165) is 11.0 Å². The molecule has 0 aromatic rings. The van der Waals surface area contributed by atoms with Gasteiger partial charge >= 0.3 is 5.97 Å². The third-order valence-corrected chi connectivity index (χ3v) is 3.59. The average Bonchev–Trinajstić information content (AvgIpc) is 2.43. The zero-order valence-corrected chi connectivity index (χ0v) is 15.8. The summed E-state index contributed by atoms with van der Waals surface area (Å²) in [5, 5.41) is 0. The molecule has 4 heteroatoms. The molecule has 0 spiro atoms. The lowest BCUT2D eigenvalue weighted by Crippen LogP contribution is -3.00. The minimum Gasteiger partial charge on any atom is -1.00 e. The molecule has 0 N–H and O–H groups in total. The van der Waals surface area contributed by atoms with E-state index in [-0.39, 0.29) is 23.0 Å². The van der Waals surface area contributed by atoms with E-state index < -0.39 is 0 Å². The molecule has 0 aliphatic carbocycles. The molecule has 0 fully saturated rings. The van der Waals surface area contributed by atoms with E-state index in [4.69, 9.17) is 4.74 Å². The predicted octanol–water partition coefficient (Wildman–Crippen LogP) is 1.28. The first-order valence-electron chi connectivity index (χ1n) is 8.13. The number of carbonyl (C=O) groups is 1. The van der Waals surface area contributed by atoms with Gasteiger partial charge in [0.05, 0.1) is 20.6 Å². The maximum Gasteiger partial charge on any atom is 0.334 e. The van der Waals surface area contributed by atoms with Crippen LogP contribution < -0.4 is 17.0 Å². The third-order valence-electron chi connectivity index (χ3n) is 3.59. The Morgan fingerprint density at radius 2 is 1.48 bits per heavy atom. The molecule has 0 aromatic carbocycles. The second-order valence-corrected chi connectivity index (χ2v) is 6.28. The summed E-state index contributed by atoms with van der Waals surface area (Å²) in [6.07, 6.45) is 13.3. The fourth-order valence-electron chi connectivity index (χ4n) is 2.21. The first kappa shape index (κ1) is 22.9. The number of hydrogen-bond acceptors (Lipinski definition) is 2. The standard InChI is InChI=1S/C17H34NO2.BrH/c1-5-7-8-9-10-11-12-13-14-15-18(3,4)16-20-17(19)6-2;/h6H,2,5,7-16H2,1,3-4H3;1H/q+1;/p-1. The summed E-state index contributed by atoms with van der Waals surface area (Å²) >= 11 is 0. The predicted molar refractivity (Wildman–Crippen MR) is 85.4 cm³/mol. The van der Waals surface area contributed by atoms with Gasteiger partial charge in [-0.05, 0) is 12.8 Å². The molecule has 0 unspecified atom stereocenters. The molecule has 0 rings (SSSR count). The molecule has 0 heterocycles. The van der Waals surface area contributed by atoms with Crippen LogP contribution in [0, 0.1) is 0 Å². The van der Waals surface area contributed by atoms with E-state index in [1.165, 1.54) is 63.9 Å². The molecule has 0 saturated carbocycles. The number of quaternary nitrogens is 1. The highest BCUT2D eigenvalue weighted by Gasteiger charge is 2.15. The van der Waals surface area contributed by atoms with Gasteiger partial charge in [0, 0.05) is 6.08 Å². The van der Waals surface area contributed by atoms with E-state index in [9.17, 15) is 4.79 Å². The average molecular weight is 364 g/mol. The van der Waals surface area contributed by atoms with Crippen molar-refractivity contribution in [3.8, 4) is 0 Å². The van der Waals surface area contributed by atoms with Crippen LogP contribution in [0.25, 0.3) is 0 Å². The Balaban J connectivity index is 0. The van der Waals surface area contributed by atoms with Crippen molar-refractivity contribution < 1.29 is 31.0 Å². The van der Waals surface area contributed by atoms with Crippen LogP contribution in [-0.4, -0.2) is 37.8 Å². The van der Waals surface area contributed by atoms with Crippen molar-refractivity contribution in [3.05, 3.63) is 12.7 Å². The zero-order valence-electron chi connectivity index (χ0n) is 14.2. The van der Waals surface area contributed by atoms with Gasteiger partial charge in [-0.2, -0.15) is 0 Å². The minimum absolute atomic E-state index is 0. The van der Waals surface area contributed by atoms with Crippen molar-refractivity contribution in [3.63, 3.8) is 0 Å². The Hall–Kier alpha value is -0.350. The second-order valence-electron chi connectivity index (χ2n) is 6.28. The summed E-state index contributed by atoms with van der Waals surface area (Å²) in [6, 6.07) is 0. The van der Waals surface area contributed by atoms with Crippen LogP contribution in [0.15, 0.2) is 12.7 Å². The number of nitrogens with zero attached hydrogens (tertiary/aromatic N) is 1. The lowest BCUT2D eigenvalue weighted by atomic mass is 10.1. The fraction of sp³-hybridized carbons (Fsp3) is 0.824. The van der Waals surface area contributed by atoms with Crippen LogP contribution >= 0.6 is 0 Å². The van der Waals surface area contributed by atoms with Crippen molar-refractivity contribution in [2.75, 3.05) is 27.4 Å². The second kappa shape index (κ2) is 14.6. The number of esters is 1. The largest absolute Gasteiger partial charge is 1.00 e. The monoisotopic (exact) mass is 363 g/mol. The van der Waals surface area contributed by atoms with Crippen LogP contribution in [-0.2, 0) is 9.53 Å². The van der Waals surface area contributed by atoms with Gasteiger partial charge in [0.15, 0.2) is 0 Å². The highest BCUT2D eigenvalue weighted by Crippen LogP contribution is 2.11. The number of rotatable bonds is 13. The van der Waals surface area contributed by atoms with Gasteiger partial charge in [-0.1, -0.05) is 58.4 Å². The topological polar surface area (TPSA) is 26.3 Å². The van der Waals surface area contributed by atoms with Gasteiger partial charge < -0.3 is 21.7 Å². The maximum atomic E-state index is 11.0. The summed E-state index contributed by atoms with van der Waals surface area (Å²) < 4.78 is 5.84. The van der Waals surface area contributed by atoms with Gasteiger partial charge in [0.2, 0.25) is 6.73 Å². The minimum atomic E-state index is -0.330. The molecule has 0 aliphatic heterocycles. The number of unbranched alkanes of at least 4 members (excludes halogenated alkanes) is 8. The Morgan fingerprint density at radius 1 is 1.00 bits per heavy atom. The number of ether oxygens (including phenoxy) is 1. The first-order valence-corrected chi connectivity index (χ1v) is 8.13. The fourth-order valence-corrected chi connectivity index (χ4v) is 2.21. The molecule has 0 aliphatic rings. The van der Waals surface area contributed by atoms with Crippen LogP contribution in [0.3, 0.4) is 0 Å². The van der Waals surface area contributed by atoms with E-state index >= 15 is 0 Å². The smallest absolute Gasteiger partial charge is 0.334 e. The van der Waals surface area contributed by atoms with Crippen molar-refractivity contribution in [2.45, 2.75) is 64.7 Å². The zero-order chi connectivity index (χ0) is 15.3. The van der Waals surface area contributed by atoms with Gasteiger partial charge in [-0.15, -0.1) is 0 Å². The van der Waals surface area contributed by atoms with Crippen LogP contribution in [0.4, 0.5) is 0 Å². The Morgan fingerprint density at radius 3 is 1.95 bits per heavy atom. The van der Waals surface area contributed by atoms with Crippen molar-refractivity contribution in [1.29, 1.82) is 0 Å². The van der Waals surface area contributed by atoms with E-state index in [1.54, 1.807) is 0 Å². The Labute approximate surface area is 142 Å². The quantitative estimate of drug-likeness (QED) is 0.162. The molecule has 21 heavy (non-hydrogen) atoms. The Kier molecular flexibility index (Phi) is 15.9. The Bertz CT molecular complexity index is 268. The van der Waals surface area contributed by atoms with E-state index in [0.29, 0.717) is 6.73 Å². The summed E-state index contributed by atoms with van der Waals surface area (Å²) in [7, 11) is 4.20. The lowest BCUT2D eigenvalue weighted by Gasteiger charge is -2.28. The molecule has 0 saturated heterocycles. The SMILES string of the molecule is C=CC(=O)OC[N+](C)(C)CCCCCCCCCCC.[Br-]. The molecule has 0 radical (unpaired) electrons. The normalized spacial score (nSPS) is 10.8. The molecule has 3 nitrogen and oxygen atoms in total. The van der Waals surface area contributed by atoms with Crippen molar-refractivity contribution >= 4 is 5.97 Å². The molecule has 0 amide bonds. The van der Waals surface area contributed by atoms with Gasteiger partial charge in [0.1, 0.15) is 0 Å². The molecule has 0 aromatic heterocycles. The van der Waals surface area contributed by atoms with E-state index in [1.807, 2.05) is 0 Å². The maximum absolute atomic E-state index is 11.0. The number of carbonyl (C=O) groups excluding carboxylic acids is 1. The molecule has 0 bridgehead atoms. The third kappa shape index (κ3) is 15.9. The number of halogens is 1. The van der Waals surface area contributed by atoms with Gasteiger partial charge in [0.25, 0.3) is 0 Å². The number of hydrogen-bond donors (Lipinski definition) is 0. The van der Waals surface area contributed by atoms with Crippen LogP contribution in [0.5, 0.6) is 0 Å². The van der Waals surface area contributed by atoms with Crippen LogP contribution in [0.2, 0.25) is 0 Å². The summed E-state index contributed by atoms with van der Waals surface area (Å²) in [4.78, 5) is 11.0. The molecular weight excluding hydrogens is 330 g/mol. The van der Waals surface area contributed by atoms with Gasteiger partial charge in [-0.25, -0.2) is 4.79 Å². The highest BCUT2D eigenvalue weighted by molar-refractivity contribution is 5.81. The molecule has 126 valence electrons. The summed E-state index contributed by atoms with van der Waals surface area (Å²) in [5.41, 5.74) is 0. The van der Waals surface area contributed by atoms with Crippen molar-refractivity contribution in [1.82, 2.24) is 0 Å². The molecule has 0 atom stereocenters. The summed E-state index contributed by atoms with van der Waals surface area (Å²) in [6.45, 7) is 7.15. The van der Waals surface area contributed by atoms with Crippen LogP contribution in [0.1, 0.15) is 64.7 Å². The first-order chi connectivity index (χ1) is 9.52. The molecular formula is C17H34BrNO2. The highest BCUT2D eigenvalue weighted by atomic mass is 79.9. The van der Waals surface area contributed by atoms with Crippen molar-refractivity contribution in [2.24, 2.45) is 0 Å². The summed E-state index contributed by atoms with van der Waals surface area (Å²) in [5.74, 6) is -0.330. The van der Waals surface area contributed by atoms with E-state index in [2.05, 4.69) is 27.6 Å². The van der Waals surface area contributed by atoms with Gasteiger partial charge in [-0.3, -0.25) is 4.48 Å².